The Morgan fingerprint density at radius 3 is 3.05 bits per heavy atom. The van der Waals surface area contributed by atoms with Gasteiger partial charge in [0.05, 0.1) is 0 Å². The van der Waals surface area contributed by atoms with Crippen LogP contribution in [0, 0.1) is 16.0 Å². The molecule has 22 heavy (non-hydrogen) atoms. The zero-order chi connectivity index (χ0) is 14.6. The number of benzene rings is 1. The second-order valence-corrected chi connectivity index (χ2v) is 6.52. The van der Waals surface area contributed by atoms with Gasteiger partial charge in [-0.15, -0.1) is 12.4 Å². The zero-order valence-electron chi connectivity index (χ0n) is 12.5. The molecule has 2 aromatic rings. The predicted molar refractivity (Wildman–Crippen MR) is 88.4 cm³/mol. The van der Waals surface area contributed by atoms with Gasteiger partial charge in [0.15, 0.2) is 0 Å². The third kappa shape index (κ3) is 2.29. The number of nitrogens with zero attached hydrogens (tertiary/aromatic N) is 2. The topological polar surface area (TPSA) is 62.2 Å². The SMILES string of the molecule is CN1CC(C[N+](=O)[O-])C[C@H]2c3cccc4[nH]cc(c34)C[C@@H]21.Cl. The summed E-state index contributed by atoms with van der Waals surface area (Å²) in [5.74, 6) is 0.572. The van der Waals surface area contributed by atoms with E-state index in [2.05, 4.69) is 41.3 Å². The largest absolute Gasteiger partial charge is 0.361 e. The van der Waals surface area contributed by atoms with Gasteiger partial charge in [0, 0.05) is 46.4 Å². The fraction of sp³-hybridized carbons (Fsp3) is 0.500. The molecule has 0 spiro atoms. The number of hydrogen-bond donors (Lipinski definition) is 1. The van der Waals surface area contributed by atoms with Gasteiger partial charge in [-0.3, -0.25) is 10.1 Å². The summed E-state index contributed by atoms with van der Waals surface area (Å²) in [6, 6.07) is 6.89. The number of likely N-dealkylation sites (tertiary alicyclic amines) is 1. The first-order valence-corrected chi connectivity index (χ1v) is 7.54. The molecule has 0 amide bonds. The summed E-state index contributed by atoms with van der Waals surface area (Å²) >= 11 is 0. The summed E-state index contributed by atoms with van der Waals surface area (Å²) < 4.78 is 0. The van der Waals surface area contributed by atoms with Crippen molar-refractivity contribution in [2.75, 3.05) is 20.1 Å². The summed E-state index contributed by atoms with van der Waals surface area (Å²) in [5.41, 5.74) is 3.96. The van der Waals surface area contributed by atoms with Gasteiger partial charge in [-0.25, -0.2) is 0 Å². The molecule has 0 saturated carbocycles. The quantitative estimate of drug-likeness (QED) is 0.683. The van der Waals surface area contributed by atoms with Crippen LogP contribution < -0.4 is 0 Å². The predicted octanol–water partition coefficient (Wildman–Crippen LogP) is 2.83. The summed E-state index contributed by atoms with van der Waals surface area (Å²) in [7, 11) is 2.11. The number of aromatic nitrogens is 1. The normalized spacial score (nSPS) is 27.2. The van der Waals surface area contributed by atoms with Crippen molar-refractivity contribution in [3.63, 3.8) is 0 Å². The minimum absolute atomic E-state index is 0. The van der Waals surface area contributed by atoms with Crippen molar-refractivity contribution < 1.29 is 4.92 Å². The lowest BCUT2D eigenvalue weighted by molar-refractivity contribution is -0.489. The average Bonchev–Trinajstić information content (AvgIpc) is 2.84. The van der Waals surface area contributed by atoms with Crippen molar-refractivity contribution in [3.8, 4) is 0 Å². The zero-order valence-corrected chi connectivity index (χ0v) is 13.3. The van der Waals surface area contributed by atoms with Crippen LogP contribution in [0.3, 0.4) is 0 Å². The van der Waals surface area contributed by atoms with Crippen molar-refractivity contribution >= 4 is 23.3 Å². The Balaban J connectivity index is 0.00000144. The molecule has 1 aromatic carbocycles. The van der Waals surface area contributed by atoms with Gasteiger partial charge in [-0.1, -0.05) is 12.1 Å². The van der Waals surface area contributed by atoms with Gasteiger partial charge in [0.25, 0.3) is 0 Å². The molecule has 0 radical (unpaired) electrons. The van der Waals surface area contributed by atoms with Gasteiger partial charge >= 0.3 is 0 Å². The van der Waals surface area contributed by atoms with Gasteiger partial charge in [0.1, 0.15) is 0 Å². The van der Waals surface area contributed by atoms with Crippen LogP contribution >= 0.6 is 12.4 Å². The molecule has 1 aliphatic carbocycles. The molecule has 1 N–H and O–H groups in total. The summed E-state index contributed by atoms with van der Waals surface area (Å²) in [6.07, 6.45) is 4.10. The highest BCUT2D eigenvalue weighted by molar-refractivity contribution is 5.88. The highest BCUT2D eigenvalue weighted by Gasteiger charge is 2.40. The lowest BCUT2D eigenvalue weighted by Gasteiger charge is -2.44. The molecule has 1 unspecified atom stereocenters. The van der Waals surface area contributed by atoms with E-state index in [1.807, 2.05) is 0 Å². The summed E-state index contributed by atoms with van der Waals surface area (Å²) in [6.45, 7) is 0.918. The molecule has 2 heterocycles. The summed E-state index contributed by atoms with van der Waals surface area (Å²) in [4.78, 5) is 16.4. The smallest absolute Gasteiger partial charge is 0.207 e. The molecule has 2 aliphatic rings. The van der Waals surface area contributed by atoms with Crippen molar-refractivity contribution in [3.05, 3.63) is 45.6 Å². The second kappa shape index (κ2) is 5.56. The van der Waals surface area contributed by atoms with E-state index in [9.17, 15) is 10.1 Å². The van der Waals surface area contributed by atoms with Gasteiger partial charge < -0.3 is 9.88 Å². The van der Waals surface area contributed by atoms with Crippen molar-refractivity contribution in [1.82, 2.24) is 9.88 Å². The number of piperidine rings is 1. The molecule has 5 nitrogen and oxygen atoms in total. The first-order chi connectivity index (χ1) is 10.1. The molecule has 1 saturated heterocycles. The maximum absolute atomic E-state index is 10.9. The number of nitrogens with one attached hydrogen (secondary N) is 1. The van der Waals surface area contributed by atoms with E-state index in [-0.39, 0.29) is 29.8 Å². The van der Waals surface area contributed by atoms with E-state index < -0.39 is 0 Å². The molecular formula is C16H20ClN3O2. The second-order valence-electron chi connectivity index (χ2n) is 6.52. The van der Waals surface area contributed by atoms with Gasteiger partial charge in [-0.2, -0.15) is 0 Å². The maximum Gasteiger partial charge on any atom is 0.207 e. The van der Waals surface area contributed by atoms with E-state index in [0.29, 0.717) is 12.0 Å². The number of halogens is 1. The van der Waals surface area contributed by atoms with Gasteiger partial charge in [-0.05, 0) is 37.1 Å². The highest BCUT2D eigenvalue weighted by atomic mass is 35.5. The Morgan fingerprint density at radius 2 is 2.27 bits per heavy atom. The Bertz CT molecular complexity index is 714. The fourth-order valence-electron chi connectivity index (χ4n) is 4.40. The van der Waals surface area contributed by atoms with Crippen molar-refractivity contribution in [2.24, 2.45) is 5.92 Å². The van der Waals surface area contributed by atoms with Crippen LogP contribution in [0.4, 0.5) is 0 Å². The number of fused-ring (bicyclic) bond motifs is 2. The van der Waals surface area contributed by atoms with Crippen LogP contribution in [0.1, 0.15) is 23.5 Å². The molecule has 1 fully saturated rings. The molecule has 118 valence electrons. The third-order valence-corrected chi connectivity index (χ3v) is 5.22. The lowest BCUT2D eigenvalue weighted by atomic mass is 9.72. The Kier molecular flexibility index (Phi) is 3.87. The molecule has 0 bridgehead atoms. The highest BCUT2D eigenvalue weighted by Crippen LogP contribution is 2.44. The maximum atomic E-state index is 10.9. The Morgan fingerprint density at radius 1 is 1.45 bits per heavy atom. The molecule has 4 rings (SSSR count). The number of nitro groups is 1. The van der Waals surface area contributed by atoms with Gasteiger partial charge in [0.2, 0.25) is 6.54 Å². The van der Waals surface area contributed by atoms with Crippen LogP contribution in [-0.4, -0.2) is 41.0 Å². The number of hydrogen-bond acceptors (Lipinski definition) is 3. The number of H-pyrrole nitrogens is 1. The number of rotatable bonds is 2. The minimum Gasteiger partial charge on any atom is -0.361 e. The summed E-state index contributed by atoms with van der Waals surface area (Å²) in [5, 5.41) is 12.2. The number of aromatic amines is 1. The van der Waals surface area contributed by atoms with Crippen LogP contribution in [0.15, 0.2) is 24.4 Å². The van der Waals surface area contributed by atoms with Crippen molar-refractivity contribution in [1.29, 1.82) is 0 Å². The molecule has 1 aliphatic heterocycles. The van der Waals surface area contributed by atoms with Crippen LogP contribution in [0.2, 0.25) is 0 Å². The fourth-order valence-corrected chi connectivity index (χ4v) is 4.40. The number of likely N-dealkylation sites (N-methyl/N-ethyl adjacent to an activating group) is 1. The van der Waals surface area contributed by atoms with Crippen LogP contribution in [-0.2, 0) is 6.42 Å². The molecule has 1 aromatic heterocycles. The van der Waals surface area contributed by atoms with Crippen LogP contribution in [0.25, 0.3) is 10.9 Å². The standard InChI is InChI=1S/C16H19N3O2.ClH/c1-18-8-10(9-19(20)21)5-13-12-3-2-4-14-16(12)11(7-17-14)6-15(13)18;/h2-4,7,10,13,15,17H,5-6,8-9H2,1H3;1H/t10?,13-,15-;/m0./s1. The first-order valence-electron chi connectivity index (χ1n) is 7.54. The average molecular weight is 322 g/mol. The van der Waals surface area contributed by atoms with E-state index in [1.54, 1.807) is 0 Å². The Labute approximate surface area is 135 Å². The van der Waals surface area contributed by atoms with Crippen LogP contribution in [0.5, 0.6) is 0 Å². The van der Waals surface area contributed by atoms with Crippen molar-refractivity contribution in [2.45, 2.75) is 24.8 Å². The van der Waals surface area contributed by atoms with E-state index in [0.717, 1.165) is 19.4 Å². The third-order valence-electron chi connectivity index (χ3n) is 5.22. The lowest BCUT2D eigenvalue weighted by Crippen LogP contribution is -2.49. The van der Waals surface area contributed by atoms with E-state index in [1.165, 1.54) is 22.0 Å². The Hall–Kier alpha value is -1.59. The molecule has 3 atom stereocenters. The minimum atomic E-state index is -0.163. The van der Waals surface area contributed by atoms with E-state index >= 15 is 0 Å². The molecular weight excluding hydrogens is 302 g/mol. The first kappa shape index (κ1) is 15.3. The monoisotopic (exact) mass is 321 g/mol. The van der Waals surface area contributed by atoms with E-state index in [4.69, 9.17) is 0 Å². The molecule has 6 heteroatoms.